The Kier molecular flexibility index (Phi) is 6.01. The zero-order valence-electron chi connectivity index (χ0n) is 14.4. The van der Waals surface area contributed by atoms with E-state index in [2.05, 4.69) is 0 Å². The lowest BCUT2D eigenvalue weighted by Gasteiger charge is -2.12. The fourth-order valence-electron chi connectivity index (χ4n) is 2.23. The largest absolute Gasteiger partial charge is 0.493 e. The fraction of sp³-hybridized carbons (Fsp3) is 0.250. The molecule has 2 aromatic rings. The van der Waals surface area contributed by atoms with Crippen LogP contribution in [0.4, 0.5) is 0 Å². The van der Waals surface area contributed by atoms with E-state index in [1.165, 1.54) is 6.08 Å². The summed E-state index contributed by atoms with van der Waals surface area (Å²) in [5, 5.41) is 0. The van der Waals surface area contributed by atoms with E-state index in [0.29, 0.717) is 17.1 Å². The van der Waals surface area contributed by atoms with Gasteiger partial charge in [0.1, 0.15) is 5.75 Å². The molecule has 0 aliphatic rings. The van der Waals surface area contributed by atoms with E-state index in [9.17, 15) is 4.79 Å². The van der Waals surface area contributed by atoms with E-state index < -0.39 is 0 Å². The number of methoxy groups -OCH3 is 2. The van der Waals surface area contributed by atoms with Gasteiger partial charge in [-0.25, -0.2) is 0 Å². The van der Waals surface area contributed by atoms with E-state index in [1.54, 1.807) is 38.5 Å². The van der Waals surface area contributed by atoms with Crippen LogP contribution in [0.2, 0.25) is 0 Å². The summed E-state index contributed by atoms with van der Waals surface area (Å²) in [6, 6.07) is 12.7. The first-order valence-electron chi connectivity index (χ1n) is 7.75. The molecule has 24 heavy (non-hydrogen) atoms. The summed E-state index contributed by atoms with van der Waals surface area (Å²) in [4.78, 5) is 12.4. The van der Waals surface area contributed by atoms with Crippen molar-refractivity contribution in [3.05, 3.63) is 59.7 Å². The molecule has 0 bridgehead atoms. The highest BCUT2D eigenvalue weighted by molar-refractivity contribution is 6.07. The Morgan fingerprint density at radius 3 is 2.33 bits per heavy atom. The summed E-state index contributed by atoms with van der Waals surface area (Å²) < 4.78 is 16.2. The van der Waals surface area contributed by atoms with Gasteiger partial charge in [-0.05, 0) is 50.3 Å². The van der Waals surface area contributed by atoms with Gasteiger partial charge in [-0.1, -0.05) is 18.2 Å². The molecule has 0 amide bonds. The Bertz CT molecular complexity index is 732. The molecule has 0 aliphatic carbocycles. The molecular weight excluding hydrogens is 304 g/mol. The molecule has 2 aromatic carbocycles. The Balaban J connectivity index is 2.22. The van der Waals surface area contributed by atoms with Gasteiger partial charge in [0.2, 0.25) is 0 Å². The minimum absolute atomic E-state index is 0.0705. The second-order valence-electron chi connectivity index (χ2n) is 5.47. The first kappa shape index (κ1) is 17.6. The van der Waals surface area contributed by atoms with E-state index >= 15 is 0 Å². The van der Waals surface area contributed by atoms with Gasteiger partial charge in [0.15, 0.2) is 17.3 Å². The molecule has 0 fully saturated rings. The number of carbonyl (C=O) groups is 1. The van der Waals surface area contributed by atoms with Crippen LogP contribution in [0, 0.1) is 0 Å². The van der Waals surface area contributed by atoms with Crippen molar-refractivity contribution >= 4 is 11.9 Å². The van der Waals surface area contributed by atoms with Crippen LogP contribution in [-0.2, 0) is 0 Å². The van der Waals surface area contributed by atoms with Crippen molar-refractivity contribution in [2.75, 3.05) is 14.2 Å². The molecule has 0 saturated heterocycles. The molecule has 4 nitrogen and oxygen atoms in total. The van der Waals surface area contributed by atoms with Crippen molar-refractivity contribution in [3.8, 4) is 17.2 Å². The topological polar surface area (TPSA) is 44.8 Å². The molecule has 0 unspecified atom stereocenters. The third kappa shape index (κ3) is 4.38. The van der Waals surface area contributed by atoms with Crippen LogP contribution in [0.1, 0.15) is 29.8 Å². The maximum absolute atomic E-state index is 12.4. The van der Waals surface area contributed by atoms with Gasteiger partial charge < -0.3 is 14.2 Å². The normalized spacial score (nSPS) is 10.9. The van der Waals surface area contributed by atoms with Gasteiger partial charge in [-0.15, -0.1) is 0 Å². The first-order valence-corrected chi connectivity index (χ1v) is 7.75. The minimum Gasteiger partial charge on any atom is -0.493 e. The average Bonchev–Trinajstić information content (AvgIpc) is 2.59. The number of ether oxygens (including phenoxy) is 3. The van der Waals surface area contributed by atoms with Crippen molar-refractivity contribution in [2.45, 2.75) is 20.0 Å². The van der Waals surface area contributed by atoms with Crippen molar-refractivity contribution in [2.24, 2.45) is 0 Å². The van der Waals surface area contributed by atoms with Gasteiger partial charge in [0.05, 0.1) is 20.3 Å². The number of hydrogen-bond donors (Lipinski definition) is 0. The van der Waals surface area contributed by atoms with Crippen LogP contribution in [0.25, 0.3) is 6.08 Å². The third-order valence-electron chi connectivity index (χ3n) is 3.36. The maximum Gasteiger partial charge on any atom is 0.185 e. The summed E-state index contributed by atoms with van der Waals surface area (Å²) in [7, 11) is 3.10. The van der Waals surface area contributed by atoms with Crippen LogP contribution in [0.15, 0.2) is 48.5 Å². The highest BCUT2D eigenvalue weighted by Crippen LogP contribution is 2.28. The number of benzene rings is 2. The Hall–Kier alpha value is -2.75. The van der Waals surface area contributed by atoms with Crippen LogP contribution < -0.4 is 14.2 Å². The molecule has 126 valence electrons. The standard InChI is InChI=1S/C20H22O4/c1-14(2)24-18-8-6-5-7-15(18)9-11-17(21)16-10-12-19(22-3)20(13-16)23-4/h5-14H,1-4H3/b11-9+. The SMILES string of the molecule is COc1ccc(C(=O)/C=C/c2ccccc2OC(C)C)cc1OC. The predicted molar refractivity (Wildman–Crippen MR) is 95.1 cm³/mol. The Morgan fingerprint density at radius 2 is 1.67 bits per heavy atom. The van der Waals surface area contributed by atoms with Gasteiger partial charge in [-0.3, -0.25) is 4.79 Å². The van der Waals surface area contributed by atoms with E-state index in [-0.39, 0.29) is 11.9 Å². The minimum atomic E-state index is -0.115. The lowest BCUT2D eigenvalue weighted by Crippen LogP contribution is -2.06. The quantitative estimate of drug-likeness (QED) is 0.559. The van der Waals surface area contributed by atoms with E-state index in [0.717, 1.165) is 11.3 Å². The Morgan fingerprint density at radius 1 is 0.958 bits per heavy atom. The van der Waals surface area contributed by atoms with Crippen molar-refractivity contribution in [1.29, 1.82) is 0 Å². The van der Waals surface area contributed by atoms with Gasteiger partial charge in [-0.2, -0.15) is 0 Å². The number of rotatable bonds is 7. The molecule has 0 atom stereocenters. The highest BCUT2D eigenvalue weighted by Gasteiger charge is 2.09. The number of carbonyl (C=O) groups excluding carboxylic acids is 1. The molecule has 0 aliphatic heterocycles. The van der Waals surface area contributed by atoms with Crippen molar-refractivity contribution < 1.29 is 19.0 Å². The monoisotopic (exact) mass is 326 g/mol. The summed E-state index contributed by atoms with van der Waals surface area (Å²) in [5.41, 5.74) is 1.39. The van der Waals surface area contributed by atoms with Crippen LogP contribution >= 0.6 is 0 Å². The molecule has 0 heterocycles. The maximum atomic E-state index is 12.4. The summed E-state index contributed by atoms with van der Waals surface area (Å²) >= 11 is 0. The summed E-state index contributed by atoms with van der Waals surface area (Å²) in [5.74, 6) is 1.76. The van der Waals surface area contributed by atoms with Crippen molar-refractivity contribution in [1.82, 2.24) is 0 Å². The molecule has 0 radical (unpaired) electrons. The third-order valence-corrected chi connectivity index (χ3v) is 3.36. The zero-order valence-corrected chi connectivity index (χ0v) is 14.4. The number of ketones is 1. The van der Waals surface area contributed by atoms with Gasteiger partial charge in [0.25, 0.3) is 0 Å². The van der Waals surface area contributed by atoms with E-state index in [1.807, 2.05) is 38.1 Å². The number of hydrogen-bond acceptors (Lipinski definition) is 4. The van der Waals surface area contributed by atoms with Gasteiger partial charge >= 0.3 is 0 Å². The highest BCUT2D eigenvalue weighted by atomic mass is 16.5. The molecule has 0 saturated carbocycles. The van der Waals surface area contributed by atoms with Crippen LogP contribution in [0.5, 0.6) is 17.2 Å². The molecule has 0 spiro atoms. The molecule has 2 rings (SSSR count). The molecule has 0 N–H and O–H groups in total. The zero-order chi connectivity index (χ0) is 17.5. The lowest BCUT2D eigenvalue weighted by atomic mass is 10.1. The number of allylic oxidation sites excluding steroid dienone is 1. The second kappa shape index (κ2) is 8.20. The summed E-state index contributed by atoms with van der Waals surface area (Å²) in [6.07, 6.45) is 3.36. The lowest BCUT2D eigenvalue weighted by molar-refractivity contribution is 0.104. The number of para-hydroxylation sites is 1. The van der Waals surface area contributed by atoms with Crippen molar-refractivity contribution in [3.63, 3.8) is 0 Å². The average molecular weight is 326 g/mol. The van der Waals surface area contributed by atoms with Gasteiger partial charge in [0, 0.05) is 11.1 Å². The molecule has 4 heteroatoms. The molecular formula is C20H22O4. The van der Waals surface area contributed by atoms with E-state index in [4.69, 9.17) is 14.2 Å². The Labute approximate surface area is 142 Å². The van der Waals surface area contributed by atoms with Crippen LogP contribution in [0.3, 0.4) is 0 Å². The molecule has 0 aromatic heterocycles. The first-order chi connectivity index (χ1) is 11.5. The summed E-state index contributed by atoms with van der Waals surface area (Å²) in [6.45, 7) is 3.94. The smallest absolute Gasteiger partial charge is 0.185 e. The fourth-order valence-corrected chi connectivity index (χ4v) is 2.23. The van der Waals surface area contributed by atoms with Crippen LogP contribution in [-0.4, -0.2) is 26.1 Å². The predicted octanol–water partition coefficient (Wildman–Crippen LogP) is 4.39. The second-order valence-corrected chi connectivity index (χ2v) is 5.47.